The van der Waals surface area contributed by atoms with Crippen LogP contribution in [0.3, 0.4) is 0 Å². The summed E-state index contributed by atoms with van der Waals surface area (Å²) in [4.78, 5) is 10.4. The van der Waals surface area contributed by atoms with Crippen molar-refractivity contribution in [2.45, 2.75) is 6.92 Å². The van der Waals surface area contributed by atoms with E-state index in [4.69, 9.17) is 10.2 Å². The van der Waals surface area contributed by atoms with E-state index in [0.717, 1.165) is 0 Å². The lowest BCUT2D eigenvalue weighted by atomic mass is 10.2. The SMILES string of the molecule is C=C(C(=O)O)c1ccnn1C.CCO. The molecule has 1 heterocycles. The summed E-state index contributed by atoms with van der Waals surface area (Å²) in [5, 5.41) is 19.9. The van der Waals surface area contributed by atoms with Crippen molar-refractivity contribution in [3.05, 3.63) is 24.5 Å². The third-order valence-corrected chi connectivity index (χ3v) is 1.39. The molecule has 0 aliphatic carbocycles. The molecule has 1 aromatic rings. The van der Waals surface area contributed by atoms with Gasteiger partial charge in [0.05, 0.1) is 11.3 Å². The predicted octanol–water partition coefficient (Wildman–Crippen LogP) is 0.516. The lowest BCUT2D eigenvalue weighted by Crippen LogP contribution is -2.03. The van der Waals surface area contributed by atoms with Crippen LogP contribution in [-0.4, -0.2) is 32.6 Å². The molecule has 14 heavy (non-hydrogen) atoms. The Bertz CT molecular complexity index is 318. The van der Waals surface area contributed by atoms with Gasteiger partial charge in [-0.15, -0.1) is 0 Å². The number of hydrogen-bond acceptors (Lipinski definition) is 3. The van der Waals surface area contributed by atoms with Crippen molar-refractivity contribution in [2.24, 2.45) is 7.05 Å². The van der Waals surface area contributed by atoms with Crippen LogP contribution in [0.1, 0.15) is 12.6 Å². The number of hydrogen-bond donors (Lipinski definition) is 2. The van der Waals surface area contributed by atoms with Gasteiger partial charge in [-0.2, -0.15) is 5.10 Å². The van der Waals surface area contributed by atoms with Crippen LogP contribution < -0.4 is 0 Å². The number of aromatic nitrogens is 2. The highest BCUT2D eigenvalue weighted by Gasteiger charge is 2.09. The van der Waals surface area contributed by atoms with E-state index in [1.807, 2.05) is 0 Å². The van der Waals surface area contributed by atoms with Crippen LogP contribution in [0, 0.1) is 0 Å². The average molecular weight is 198 g/mol. The normalized spacial score (nSPS) is 8.79. The third-order valence-electron chi connectivity index (χ3n) is 1.39. The molecule has 0 saturated heterocycles. The monoisotopic (exact) mass is 198 g/mol. The summed E-state index contributed by atoms with van der Waals surface area (Å²) in [6.45, 7) is 5.33. The number of aliphatic hydroxyl groups excluding tert-OH is 1. The average Bonchev–Trinajstić information content (AvgIpc) is 2.51. The Balaban J connectivity index is 0.000000500. The van der Waals surface area contributed by atoms with Gasteiger partial charge in [0.1, 0.15) is 0 Å². The zero-order chi connectivity index (χ0) is 11.1. The van der Waals surface area contributed by atoms with E-state index < -0.39 is 5.97 Å². The Morgan fingerprint density at radius 2 is 2.21 bits per heavy atom. The topological polar surface area (TPSA) is 75.3 Å². The molecule has 0 unspecified atom stereocenters. The minimum Gasteiger partial charge on any atom is -0.478 e. The zero-order valence-corrected chi connectivity index (χ0v) is 8.27. The molecule has 2 N–H and O–H groups in total. The number of aliphatic hydroxyl groups is 1. The molecule has 0 amide bonds. The van der Waals surface area contributed by atoms with Crippen LogP contribution in [0.15, 0.2) is 18.8 Å². The highest BCUT2D eigenvalue weighted by molar-refractivity contribution is 6.13. The molecule has 0 aliphatic heterocycles. The maximum atomic E-state index is 10.4. The second-order valence-electron chi connectivity index (χ2n) is 2.44. The Labute approximate surface area is 82.3 Å². The van der Waals surface area contributed by atoms with E-state index in [1.165, 1.54) is 10.9 Å². The van der Waals surface area contributed by atoms with Crippen molar-refractivity contribution in [3.8, 4) is 0 Å². The Hall–Kier alpha value is -1.62. The number of carboxylic acid groups (broad SMARTS) is 1. The smallest absolute Gasteiger partial charge is 0.337 e. The number of rotatable bonds is 2. The van der Waals surface area contributed by atoms with Crippen LogP contribution in [0.5, 0.6) is 0 Å². The minimum absolute atomic E-state index is 0.0602. The molecule has 0 aromatic carbocycles. The highest BCUT2D eigenvalue weighted by atomic mass is 16.4. The Kier molecular flexibility index (Phi) is 5.24. The summed E-state index contributed by atoms with van der Waals surface area (Å²) < 4.78 is 1.47. The van der Waals surface area contributed by atoms with E-state index in [0.29, 0.717) is 5.69 Å². The summed E-state index contributed by atoms with van der Waals surface area (Å²) >= 11 is 0. The second kappa shape index (κ2) is 5.93. The summed E-state index contributed by atoms with van der Waals surface area (Å²) in [6, 6.07) is 1.61. The van der Waals surface area contributed by atoms with Crippen molar-refractivity contribution in [2.75, 3.05) is 6.61 Å². The van der Waals surface area contributed by atoms with Crippen molar-refractivity contribution in [3.63, 3.8) is 0 Å². The minimum atomic E-state index is -1.02. The lowest BCUT2D eigenvalue weighted by molar-refractivity contribution is -0.130. The van der Waals surface area contributed by atoms with Gasteiger partial charge in [-0.05, 0) is 13.0 Å². The Morgan fingerprint density at radius 1 is 1.71 bits per heavy atom. The van der Waals surface area contributed by atoms with Gasteiger partial charge in [0.25, 0.3) is 0 Å². The van der Waals surface area contributed by atoms with E-state index in [1.54, 1.807) is 20.0 Å². The summed E-state index contributed by atoms with van der Waals surface area (Å²) in [7, 11) is 1.67. The van der Waals surface area contributed by atoms with Crippen LogP contribution in [0.25, 0.3) is 5.57 Å². The molecule has 0 bridgehead atoms. The largest absolute Gasteiger partial charge is 0.478 e. The van der Waals surface area contributed by atoms with E-state index >= 15 is 0 Å². The predicted molar refractivity (Wildman–Crippen MR) is 52.6 cm³/mol. The van der Waals surface area contributed by atoms with Gasteiger partial charge in [0.2, 0.25) is 0 Å². The third kappa shape index (κ3) is 3.40. The molecule has 5 heteroatoms. The van der Waals surface area contributed by atoms with E-state index in [2.05, 4.69) is 11.7 Å². The van der Waals surface area contributed by atoms with Gasteiger partial charge < -0.3 is 10.2 Å². The van der Waals surface area contributed by atoms with Gasteiger partial charge >= 0.3 is 5.97 Å². The fourth-order valence-corrected chi connectivity index (χ4v) is 0.779. The quantitative estimate of drug-likeness (QED) is 0.679. The fraction of sp³-hybridized carbons (Fsp3) is 0.333. The van der Waals surface area contributed by atoms with Crippen molar-refractivity contribution < 1.29 is 15.0 Å². The van der Waals surface area contributed by atoms with Crippen LogP contribution in [-0.2, 0) is 11.8 Å². The molecular formula is C9H14N2O3. The van der Waals surface area contributed by atoms with Crippen molar-refractivity contribution in [1.29, 1.82) is 0 Å². The molecule has 0 fully saturated rings. The van der Waals surface area contributed by atoms with Crippen molar-refractivity contribution >= 4 is 11.5 Å². The van der Waals surface area contributed by atoms with Crippen LogP contribution >= 0.6 is 0 Å². The van der Waals surface area contributed by atoms with Crippen LogP contribution in [0.4, 0.5) is 0 Å². The molecule has 0 saturated carbocycles. The van der Waals surface area contributed by atoms with Gasteiger partial charge in [0.15, 0.2) is 0 Å². The number of aryl methyl sites for hydroxylation is 1. The molecule has 0 radical (unpaired) electrons. The number of aliphatic carboxylic acids is 1. The van der Waals surface area contributed by atoms with E-state index in [9.17, 15) is 4.79 Å². The van der Waals surface area contributed by atoms with Gasteiger partial charge in [0, 0.05) is 19.9 Å². The first-order valence-corrected chi connectivity index (χ1v) is 4.06. The summed E-state index contributed by atoms with van der Waals surface area (Å²) in [6.07, 6.45) is 1.53. The molecule has 5 nitrogen and oxygen atoms in total. The first kappa shape index (κ1) is 12.4. The number of nitrogens with zero attached hydrogens (tertiary/aromatic N) is 2. The standard InChI is InChI=1S/C7H8N2O2.C2H6O/c1-5(7(10)11)6-3-4-8-9(6)2;1-2-3/h3-4H,1H2,2H3,(H,10,11);3H,2H2,1H3. The Morgan fingerprint density at radius 3 is 2.50 bits per heavy atom. The zero-order valence-electron chi connectivity index (χ0n) is 8.27. The molecule has 0 aliphatic rings. The fourth-order valence-electron chi connectivity index (χ4n) is 0.779. The number of carbonyl (C=O) groups is 1. The maximum absolute atomic E-state index is 10.4. The first-order valence-electron chi connectivity index (χ1n) is 4.06. The molecule has 1 aromatic heterocycles. The summed E-state index contributed by atoms with van der Waals surface area (Å²) in [5.74, 6) is -1.02. The molecular weight excluding hydrogens is 184 g/mol. The molecule has 0 spiro atoms. The van der Waals surface area contributed by atoms with Gasteiger partial charge in [-0.3, -0.25) is 4.68 Å². The van der Waals surface area contributed by atoms with Gasteiger partial charge in [-0.25, -0.2) is 4.79 Å². The molecule has 1 rings (SSSR count). The molecule has 0 atom stereocenters. The number of carboxylic acids is 1. The summed E-state index contributed by atoms with van der Waals surface area (Å²) in [5.41, 5.74) is 0.586. The van der Waals surface area contributed by atoms with E-state index in [-0.39, 0.29) is 12.2 Å². The van der Waals surface area contributed by atoms with Gasteiger partial charge in [-0.1, -0.05) is 6.58 Å². The molecule has 78 valence electrons. The maximum Gasteiger partial charge on any atom is 0.337 e. The lowest BCUT2D eigenvalue weighted by Gasteiger charge is -1.98. The van der Waals surface area contributed by atoms with Crippen molar-refractivity contribution in [1.82, 2.24) is 9.78 Å². The second-order valence-corrected chi connectivity index (χ2v) is 2.44. The van der Waals surface area contributed by atoms with Crippen LogP contribution in [0.2, 0.25) is 0 Å². The first-order chi connectivity index (χ1) is 6.54. The highest BCUT2D eigenvalue weighted by Crippen LogP contribution is 2.09.